The molecule has 18 heavy (non-hydrogen) atoms. The fourth-order valence-electron chi connectivity index (χ4n) is 2.55. The lowest BCUT2D eigenvalue weighted by Gasteiger charge is -2.01. The maximum atomic E-state index is 12.2. The molecule has 0 aromatic heterocycles. The van der Waals surface area contributed by atoms with Gasteiger partial charge >= 0.3 is 0 Å². The van der Waals surface area contributed by atoms with E-state index in [9.17, 15) is 4.79 Å². The van der Waals surface area contributed by atoms with Gasteiger partial charge in [-0.2, -0.15) is 0 Å². The molecule has 2 aromatic rings. The van der Waals surface area contributed by atoms with Crippen LogP contribution in [0.25, 0.3) is 0 Å². The van der Waals surface area contributed by atoms with Gasteiger partial charge in [0.05, 0.1) is 0 Å². The van der Waals surface area contributed by atoms with E-state index >= 15 is 0 Å². The summed E-state index contributed by atoms with van der Waals surface area (Å²) in [5, 5.41) is 0. The van der Waals surface area contributed by atoms with Crippen LogP contribution in [-0.4, -0.2) is 5.78 Å². The third-order valence-corrected chi connectivity index (χ3v) is 3.65. The summed E-state index contributed by atoms with van der Waals surface area (Å²) in [7, 11) is 0. The molecule has 0 heterocycles. The number of ketones is 1. The minimum absolute atomic E-state index is 0.243. The van der Waals surface area contributed by atoms with Crippen molar-refractivity contribution >= 4 is 5.78 Å². The van der Waals surface area contributed by atoms with Gasteiger partial charge in [0.15, 0.2) is 0 Å². The van der Waals surface area contributed by atoms with E-state index in [1.54, 1.807) is 0 Å². The molecular formula is C17H16O. The van der Waals surface area contributed by atoms with Crippen LogP contribution in [0.1, 0.15) is 23.5 Å². The van der Waals surface area contributed by atoms with Crippen LogP contribution in [0.15, 0.2) is 60.7 Å². The van der Waals surface area contributed by atoms with Gasteiger partial charge in [0.1, 0.15) is 5.78 Å². The number of hydrogen-bond donors (Lipinski definition) is 0. The predicted molar refractivity (Wildman–Crippen MR) is 72.4 cm³/mol. The molecule has 0 radical (unpaired) electrons. The highest BCUT2D eigenvalue weighted by molar-refractivity contribution is 5.86. The van der Waals surface area contributed by atoms with Gasteiger partial charge in [0.2, 0.25) is 0 Å². The quantitative estimate of drug-likeness (QED) is 0.792. The second kappa shape index (κ2) is 4.77. The second-order valence-corrected chi connectivity index (χ2v) is 4.99. The topological polar surface area (TPSA) is 17.1 Å². The number of hydrogen-bond acceptors (Lipinski definition) is 1. The van der Waals surface area contributed by atoms with Crippen LogP contribution in [0.3, 0.4) is 0 Å². The van der Waals surface area contributed by atoms with Crippen LogP contribution < -0.4 is 0 Å². The van der Waals surface area contributed by atoms with Gasteiger partial charge < -0.3 is 0 Å². The molecule has 0 aliphatic heterocycles. The van der Waals surface area contributed by atoms with E-state index in [1.165, 1.54) is 5.56 Å². The highest BCUT2D eigenvalue weighted by Crippen LogP contribution is 2.48. The van der Waals surface area contributed by atoms with Crippen molar-refractivity contribution < 1.29 is 4.79 Å². The summed E-state index contributed by atoms with van der Waals surface area (Å²) in [6.07, 6.45) is 1.60. The number of benzene rings is 2. The second-order valence-electron chi connectivity index (χ2n) is 4.99. The van der Waals surface area contributed by atoms with Crippen LogP contribution in [-0.2, 0) is 11.2 Å². The van der Waals surface area contributed by atoms with Crippen molar-refractivity contribution in [3.05, 3.63) is 71.8 Å². The Kier molecular flexibility index (Phi) is 2.97. The van der Waals surface area contributed by atoms with Crippen LogP contribution in [0.4, 0.5) is 0 Å². The number of rotatable bonds is 4. The summed E-state index contributed by atoms with van der Waals surface area (Å²) in [5.74, 6) is 1.09. The highest BCUT2D eigenvalue weighted by atomic mass is 16.1. The van der Waals surface area contributed by atoms with Crippen molar-refractivity contribution in [2.45, 2.75) is 18.8 Å². The lowest BCUT2D eigenvalue weighted by molar-refractivity contribution is -0.119. The van der Waals surface area contributed by atoms with E-state index < -0.39 is 0 Å². The zero-order valence-electron chi connectivity index (χ0n) is 10.3. The Morgan fingerprint density at radius 2 is 1.56 bits per heavy atom. The van der Waals surface area contributed by atoms with Gasteiger partial charge in [-0.1, -0.05) is 60.7 Å². The van der Waals surface area contributed by atoms with Gasteiger partial charge in [0, 0.05) is 12.3 Å². The molecule has 0 saturated heterocycles. The summed E-state index contributed by atoms with van der Waals surface area (Å²) >= 11 is 0. The average Bonchev–Trinajstić information content (AvgIpc) is 3.21. The van der Waals surface area contributed by atoms with Crippen molar-refractivity contribution in [1.82, 2.24) is 0 Å². The van der Waals surface area contributed by atoms with Crippen LogP contribution in [0.2, 0.25) is 0 Å². The molecule has 1 fully saturated rings. The lowest BCUT2D eigenvalue weighted by Crippen LogP contribution is -2.06. The summed E-state index contributed by atoms with van der Waals surface area (Å²) in [6.45, 7) is 0. The van der Waals surface area contributed by atoms with Crippen LogP contribution >= 0.6 is 0 Å². The monoisotopic (exact) mass is 236 g/mol. The van der Waals surface area contributed by atoms with Gasteiger partial charge in [-0.3, -0.25) is 4.79 Å². The van der Waals surface area contributed by atoms with Gasteiger partial charge in [-0.25, -0.2) is 0 Å². The smallest absolute Gasteiger partial charge is 0.140 e. The molecule has 1 aliphatic rings. The summed E-state index contributed by atoms with van der Waals surface area (Å²) < 4.78 is 0. The van der Waals surface area contributed by atoms with Gasteiger partial charge in [-0.15, -0.1) is 0 Å². The van der Waals surface area contributed by atoms with E-state index in [-0.39, 0.29) is 5.92 Å². The van der Waals surface area contributed by atoms with E-state index in [1.807, 2.05) is 48.5 Å². The summed E-state index contributed by atoms with van der Waals surface area (Å²) in [6, 6.07) is 20.4. The Morgan fingerprint density at radius 1 is 0.944 bits per heavy atom. The van der Waals surface area contributed by atoms with Crippen LogP contribution in [0.5, 0.6) is 0 Å². The molecule has 0 bridgehead atoms. The summed E-state index contributed by atoms with van der Waals surface area (Å²) in [5.41, 5.74) is 2.44. The number of carbonyl (C=O) groups excluding carboxylic acids is 1. The Labute approximate surface area is 107 Å². The van der Waals surface area contributed by atoms with Crippen molar-refractivity contribution in [3.8, 4) is 0 Å². The standard InChI is InChI=1S/C17H16O/c18-17(11-13-7-3-1-4-8-13)16-12-15(16)14-9-5-2-6-10-14/h1-10,15-16H,11-12H2. The number of carbonyl (C=O) groups is 1. The van der Waals surface area contributed by atoms with E-state index in [0.717, 1.165) is 12.0 Å². The zero-order chi connectivity index (χ0) is 12.4. The third-order valence-electron chi connectivity index (χ3n) is 3.65. The molecule has 2 aromatic carbocycles. The minimum atomic E-state index is 0.243. The maximum Gasteiger partial charge on any atom is 0.140 e. The summed E-state index contributed by atoms with van der Waals surface area (Å²) in [4.78, 5) is 12.2. The first kappa shape index (κ1) is 11.2. The molecular weight excluding hydrogens is 220 g/mol. The predicted octanol–water partition coefficient (Wildman–Crippen LogP) is 3.60. The fourth-order valence-corrected chi connectivity index (χ4v) is 2.55. The van der Waals surface area contributed by atoms with Crippen LogP contribution in [0, 0.1) is 5.92 Å². The molecule has 0 amide bonds. The van der Waals surface area contributed by atoms with Crippen molar-refractivity contribution in [2.24, 2.45) is 5.92 Å². The minimum Gasteiger partial charge on any atom is -0.299 e. The molecule has 1 saturated carbocycles. The van der Waals surface area contributed by atoms with Crippen molar-refractivity contribution in [1.29, 1.82) is 0 Å². The maximum absolute atomic E-state index is 12.2. The van der Waals surface area contributed by atoms with E-state index in [4.69, 9.17) is 0 Å². The first-order valence-electron chi connectivity index (χ1n) is 6.46. The highest BCUT2D eigenvalue weighted by Gasteiger charge is 2.42. The average molecular weight is 236 g/mol. The zero-order valence-corrected chi connectivity index (χ0v) is 10.3. The molecule has 2 atom stereocenters. The molecule has 3 rings (SSSR count). The third kappa shape index (κ3) is 2.35. The SMILES string of the molecule is O=C(Cc1ccccc1)C1CC1c1ccccc1. The number of Topliss-reactive ketones (excluding diaryl/α,β-unsaturated/α-hetero) is 1. The van der Waals surface area contributed by atoms with E-state index in [0.29, 0.717) is 18.1 Å². The fraction of sp³-hybridized carbons (Fsp3) is 0.235. The molecule has 90 valence electrons. The van der Waals surface area contributed by atoms with Crippen molar-refractivity contribution in [3.63, 3.8) is 0 Å². The first-order valence-corrected chi connectivity index (χ1v) is 6.46. The molecule has 1 nitrogen and oxygen atoms in total. The Hall–Kier alpha value is -1.89. The normalized spacial score (nSPS) is 21.6. The lowest BCUT2D eigenvalue weighted by atomic mass is 10.0. The molecule has 1 heteroatoms. The Morgan fingerprint density at radius 3 is 2.22 bits per heavy atom. The first-order chi connectivity index (χ1) is 8.84. The Bertz CT molecular complexity index is 530. The largest absolute Gasteiger partial charge is 0.299 e. The van der Waals surface area contributed by atoms with Crippen molar-refractivity contribution in [2.75, 3.05) is 0 Å². The van der Waals surface area contributed by atoms with Gasteiger partial charge in [0.25, 0.3) is 0 Å². The Balaban J connectivity index is 1.63. The molecule has 0 spiro atoms. The molecule has 0 N–H and O–H groups in total. The molecule has 1 aliphatic carbocycles. The molecule has 2 unspecified atom stereocenters. The van der Waals surface area contributed by atoms with E-state index in [2.05, 4.69) is 12.1 Å². The van der Waals surface area contributed by atoms with Gasteiger partial charge in [-0.05, 0) is 23.5 Å².